The molecule has 0 radical (unpaired) electrons. The summed E-state index contributed by atoms with van der Waals surface area (Å²) < 4.78 is 6.83. The number of aromatic nitrogens is 1. The molecule has 160 valence electrons. The van der Waals surface area contributed by atoms with E-state index in [1.54, 1.807) is 13.1 Å². The highest BCUT2D eigenvalue weighted by molar-refractivity contribution is 9.10. The van der Waals surface area contributed by atoms with Crippen LogP contribution in [0, 0.1) is 0 Å². The maximum Gasteiger partial charge on any atom is 0.328 e. The third kappa shape index (κ3) is 4.37. The van der Waals surface area contributed by atoms with Gasteiger partial charge in [0.25, 0.3) is 0 Å². The number of likely N-dealkylation sites (N-methyl/N-ethyl adjacent to an activating group) is 1. The van der Waals surface area contributed by atoms with Crippen LogP contribution in [0.2, 0.25) is 0 Å². The zero-order chi connectivity index (χ0) is 21.3. The Balaban J connectivity index is 1.46. The average Bonchev–Trinajstić information content (AvgIpc) is 3.39. The van der Waals surface area contributed by atoms with Crippen LogP contribution in [0.25, 0.3) is 0 Å². The number of fused-ring (bicyclic) bond motifs is 2. The van der Waals surface area contributed by atoms with Crippen LogP contribution in [0.4, 0.5) is 15.6 Å². The van der Waals surface area contributed by atoms with Crippen LogP contribution in [-0.2, 0) is 14.9 Å². The lowest BCUT2D eigenvalue weighted by molar-refractivity contribution is -0.139. The first-order chi connectivity index (χ1) is 14.4. The molecule has 2 aromatic rings. The van der Waals surface area contributed by atoms with Gasteiger partial charge in [0.15, 0.2) is 5.13 Å². The van der Waals surface area contributed by atoms with Crippen LogP contribution < -0.4 is 10.2 Å². The lowest BCUT2D eigenvalue weighted by Crippen LogP contribution is -2.40. The van der Waals surface area contributed by atoms with Crippen molar-refractivity contribution in [2.45, 2.75) is 23.0 Å². The number of hydrogen-bond donors (Lipinski definition) is 1. The summed E-state index contributed by atoms with van der Waals surface area (Å²) in [4.78, 5) is 33.1. The van der Waals surface area contributed by atoms with E-state index in [9.17, 15) is 9.59 Å². The molecule has 1 N–H and O–H groups in total. The number of nitrogens with zero attached hydrogens (tertiary/aromatic N) is 3. The number of likely N-dealkylation sites (tertiary alicyclic amines) is 1. The number of benzene rings is 1. The Morgan fingerprint density at radius 1 is 1.40 bits per heavy atom. The van der Waals surface area contributed by atoms with E-state index in [4.69, 9.17) is 4.74 Å². The summed E-state index contributed by atoms with van der Waals surface area (Å²) in [7, 11) is 2.13. The predicted molar refractivity (Wildman–Crippen MR) is 124 cm³/mol. The number of esters is 1. The Morgan fingerprint density at radius 2 is 2.23 bits per heavy atom. The Hall–Kier alpha value is -1.62. The van der Waals surface area contributed by atoms with Crippen molar-refractivity contribution in [3.63, 3.8) is 0 Å². The van der Waals surface area contributed by atoms with Gasteiger partial charge in [-0.3, -0.25) is 15.0 Å². The van der Waals surface area contributed by atoms with Gasteiger partial charge in [0.05, 0.1) is 22.8 Å². The number of nitrogens with one attached hydrogen (secondary N) is 1. The number of halogens is 1. The molecular formula is C20H23BrN4O3S2. The summed E-state index contributed by atoms with van der Waals surface area (Å²) in [6, 6.07) is 5.95. The van der Waals surface area contributed by atoms with E-state index in [0.717, 1.165) is 33.9 Å². The fraction of sp³-hybridized carbons (Fsp3) is 0.450. The molecular weight excluding hydrogens is 488 g/mol. The van der Waals surface area contributed by atoms with Gasteiger partial charge >= 0.3 is 12.0 Å². The molecule has 3 heterocycles. The number of thiazole rings is 1. The number of amides is 2. The third-order valence-electron chi connectivity index (χ3n) is 5.41. The van der Waals surface area contributed by atoms with Gasteiger partial charge in [-0.2, -0.15) is 0 Å². The molecule has 0 aliphatic carbocycles. The van der Waals surface area contributed by atoms with E-state index in [1.807, 2.05) is 17.0 Å². The van der Waals surface area contributed by atoms with Crippen molar-refractivity contribution in [1.82, 2.24) is 9.88 Å². The molecule has 1 atom stereocenters. The number of carbonyl (C=O) groups excluding carboxylic acids is 2. The maximum atomic E-state index is 13.1. The van der Waals surface area contributed by atoms with Crippen LogP contribution in [-0.4, -0.2) is 60.9 Å². The van der Waals surface area contributed by atoms with Crippen molar-refractivity contribution >= 4 is 61.8 Å². The highest BCUT2D eigenvalue weighted by Crippen LogP contribution is 2.47. The molecule has 4 rings (SSSR count). The zero-order valence-electron chi connectivity index (χ0n) is 16.8. The summed E-state index contributed by atoms with van der Waals surface area (Å²) in [5.41, 5.74) is 2.15. The van der Waals surface area contributed by atoms with Crippen LogP contribution in [0.15, 0.2) is 33.1 Å². The minimum atomic E-state index is -0.256. The van der Waals surface area contributed by atoms with Gasteiger partial charge in [0.1, 0.15) is 0 Å². The van der Waals surface area contributed by atoms with Crippen LogP contribution in [0.5, 0.6) is 0 Å². The van der Waals surface area contributed by atoms with Crippen LogP contribution in [0.1, 0.15) is 18.9 Å². The topological polar surface area (TPSA) is 74.8 Å². The summed E-state index contributed by atoms with van der Waals surface area (Å²) in [5.74, 6) is -0.0263. The summed E-state index contributed by atoms with van der Waals surface area (Å²) in [6.07, 6.45) is 2.70. The van der Waals surface area contributed by atoms with Gasteiger partial charge in [-0.1, -0.05) is 27.3 Å². The number of carbonyl (C=O) groups is 2. The van der Waals surface area contributed by atoms with Crippen molar-refractivity contribution in [2.24, 2.45) is 0 Å². The minimum absolute atomic E-state index is 0.0330. The Morgan fingerprint density at radius 3 is 2.97 bits per heavy atom. The smallest absolute Gasteiger partial charge is 0.328 e. The number of hydrogen-bond acceptors (Lipinski definition) is 7. The number of urea groups is 1. The number of thioether (sulfide) groups is 1. The van der Waals surface area contributed by atoms with Gasteiger partial charge in [-0.05, 0) is 50.7 Å². The predicted octanol–water partition coefficient (Wildman–Crippen LogP) is 4.19. The van der Waals surface area contributed by atoms with E-state index in [2.05, 4.69) is 44.2 Å². The maximum absolute atomic E-state index is 13.1. The standard InChI is InChI=1S/C20H23BrN4O3S2/c1-3-28-16(26)10-29-17-9-22-18(30-17)23-19(27)25-12-20(6-7-24(2)11-20)14-8-13(21)4-5-15(14)25/h4-5,8-9H,3,6-7,10-12H2,1-2H3,(H,22,23,27). The van der Waals surface area contributed by atoms with E-state index in [-0.39, 0.29) is 23.2 Å². The number of rotatable bonds is 5. The number of ether oxygens (including phenoxy) is 1. The molecule has 7 nitrogen and oxygen atoms in total. The summed E-state index contributed by atoms with van der Waals surface area (Å²) in [5, 5.41) is 3.45. The SMILES string of the molecule is CCOC(=O)CSc1cnc(NC(=O)N2CC3(CCN(C)C3)c3cc(Br)ccc32)s1. The first kappa shape index (κ1) is 21.6. The molecule has 1 aromatic heterocycles. The molecule has 1 unspecified atom stereocenters. The van der Waals surface area contributed by atoms with E-state index < -0.39 is 0 Å². The van der Waals surface area contributed by atoms with Crippen molar-refractivity contribution in [1.29, 1.82) is 0 Å². The minimum Gasteiger partial charge on any atom is -0.465 e. The molecule has 0 saturated carbocycles. The van der Waals surface area contributed by atoms with Crippen molar-refractivity contribution in [3.05, 3.63) is 34.4 Å². The fourth-order valence-corrected chi connectivity index (χ4v) is 6.15. The second-order valence-electron chi connectivity index (χ2n) is 7.52. The molecule has 30 heavy (non-hydrogen) atoms. The monoisotopic (exact) mass is 510 g/mol. The molecule has 1 fully saturated rings. The first-order valence-corrected chi connectivity index (χ1v) is 12.3. The lowest BCUT2D eigenvalue weighted by atomic mass is 9.82. The molecule has 0 bridgehead atoms. The highest BCUT2D eigenvalue weighted by atomic mass is 79.9. The zero-order valence-corrected chi connectivity index (χ0v) is 20.0. The normalized spacial score (nSPS) is 20.6. The number of anilines is 2. The van der Waals surface area contributed by atoms with Gasteiger partial charge in [0, 0.05) is 28.7 Å². The largest absolute Gasteiger partial charge is 0.465 e. The molecule has 1 spiro atoms. The van der Waals surface area contributed by atoms with Gasteiger partial charge in [0.2, 0.25) is 0 Å². The lowest BCUT2D eigenvalue weighted by Gasteiger charge is -2.25. The second-order valence-corrected chi connectivity index (χ2v) is 10.7. The quantitative estimate of drug-likeness (QED) is 0.480. The Kier molecular flexibility index (Phi) is 6.38. The van der Waals surface area contributed by atoms with Crippen LogP contribution in [0.3, 0.4) is 0 Å². The summed E-state index contributed by atoms with van der Waals surface area (Å²) in [6.45, 7) is 4.77. The Labute approximate surface area is 192 Å². The van der Waals surface area contributed by atoms with Crippen molar-refractivity contribution < 1.29 is 14.3 Å². The van der Waals surface area contributed by atoms with E-state index >= 15 is 0 Å². The van der Waals surface area contributed by atoms with Crippen molar-refractivity contribution in [3.8, 4) is 0 Å². The molecule has 2 aliphatic rings. The van der Waals surface area contributed by atoms with E-state index in [1.165, 1.54) is 28.7 Å². The average molecular weight is 511 g/mol. The second kappa shape index (κ2) is 8.86. The molecule has 1 aromatic carbocycles. The fourth-order valence-electron chi connectivity index (χ4n) is 4.13. The molecule has 1 saturated heterocycles. The third-order valence-corrected chi connectivity index (χ3v) is 7.98. The summed E-state index contributed by atoms with van der Waals surface area (Å²) >= 11 is 6.30. The Bertz CT molecular complexity index is 969. The van der Waals surface area contributed by atoms with E-state index in [0.29, 0.717) is 18.3 Å². The van der Waals surface area contributed by atoms with Crippen LogP contribution >= 0.6 is 39.0 Å². The molecule has 2 aliphatic heterocycles. The first-order valence-electron chi connectivity index (χ1n) is 9.71. The molecule has 2 amide bonds. The van der Waals surface area contributed by atoms with Gasteiger partial charge in [-0.15, -0.1) is 11.8 Å². The van der Waals surface area contributed by atoms with Gasteiger partial charge in [-0.25, -0.2) is 9.78 Å². The van der Waals surface area contributed by atoms with Crippen molar-refractivity contribution in [2.75, 3.05) is 49.3 Å². The van der Waals surface area contributed by atoms with Gasteiger partial charge < -0.3 is 9.64 Å². The highest BCUT2D eigenvalue weighted by Gasteiger charge is 2.48. The molecule has 10 heteroatoms.